The van der Waals surface area contributed by atoms with Gasteiger partial charge in [-0.2, -0.15) is 0 Å². The molecule has 0 spiro atoms. The van der Waals surface area contributed by atoms with Gasteiger partial charge in [-0.3, -0.25) is 9.59 Å². The highest BCUT2D eigenvalue weighted by atomic mass is 32.2. The number of carbonyl (C=O) groups is 3. The maximum atomic E-state index is 13.0. The van der Waals surface area contributed by atoms with Crippen LogP contribution >= 0.6 is 0 Å². The average Bonchev–Trinajstić information content (AvgIpc) is 2.82. The van der Waals surface area contributed by atoms with Crippen molar-refractivity contribution in [2.24, 2.45) is 0 Å². The van der Waals surface area contributed by atoms with Gasteiger partial charge >= 0.3 is 6.09 Å². The highest BCUT2D eigenvalue weighted by Gasteiger charge is 2.26. The molecule has 3 N–H and O–H groups in total. The van der Waals surface area contributed by atoms with Crippen LogP contribution < -0.4 is 15.4 Å². The van der Waals surface area contributed by atoms with Crippen molar-refractivity contribution in [1.82, 2.24) is 10.0 Å². The van der Waals surface area contributed by atoms with E-state index < -0.39 is 39.6 Å². The van der Waals surface area contributed by atoms with Crippen LogP contribution in [-0.4, -0.2) is 31.9 Å². The molecule has 0 radical (unpaired) electrons. The van der Waals surface area contributed by atoms with Gasteiger partial charge in [0.15, 0.2) is 0 Å². The first kappa shape index (κ1) is 26.4. The number of carbonyl (C=O) groups excluding carboxylic acids is 3. The van der Waals surface area contributed by atoms with Gasteiger partial charge in [-0.25, -0.2) is 17.9 Å². The number of alkyl carbamates (subject to hydrolysis) is 1. The van der Waals surface area contributed by atoms with E-state index in [1.54, 1.807) is 69.3 Å². The highest BCUT2D eigenvalue weighted by Crippen LogP contribution is 2.18. The van der Waals surface area contributed by atoms with Crippen LogP contribution in [0.15, 0.2) is 89.8 Å². The molecule has 0 bridgehead atoms. The Morgan fingerprint density at radius 3 is 1.92 bits per heavy atom. The fourth-order valence-corrected chi connectivity index (χ4v) is 4.13. The van der Waals surface area contributed by atoms with E-state index in [0.717, 1.165) is 0 Å². The molecule has 0 heterocycles. The lowest BCUT2D eigenvalue weighted by atomic mass is 10.1. The molecule has 0 saturated carbocycles. The average molecular weight is 510 g/mol. The van der Waals surface area contributed by atoms with Crippen LogP contribution in [0.2, 0.25) is 0 Å². The molecule has 3 aromatic rings. The molecule has 0 aliphatic rings. The summed E-state index contributed by atoms with van der Waals surface area (Å²) in [5.74, 6) is -1.35. The largest absolute Gasteiger partial charge is 0.444 e. The van der Waals surface area contributed by atoms with Gasteiger partial charge in [0.25, 0.3) is 21.8 Å². The minimum absolute atomic E-state index is 0.0355. The maximum Gasteiger partial charge on any atom is 0.408 e. The van der Waals surface area contributed by atoms with Crippen LogP contribution in [0, 0.1) is 0 Å². The van der Waals surface area contributed by atoms with Gasteiger partial charge in [0.2, 0.25) is 0 Å². The molecule has 0 aromatic heterocycles. The molecule has 0 aliphatic heterocycles. The fraction of sp³-hybridized carbons (Fsp3) is 0.192. The molecule has 9 nitrogen and oxygen atoms in total. The second-order valence-electron chi connectivity index (χ2n) is 8.80. The van der Waals surface area contributed by atoms with Gasteiger partial charge in [0.1, 0.15) is 11.6 Å². The molecule has 36 heavy (non-hydrogen) atoms. The van der Waals surface area contributed by atoms with Gasteiger partial charge in [0, 0.05) is 11.3 Å². The summed E-state index contributed by atoms with van der Waals surface area (Å²) in [6, 6.07) is 20.8. The molecule has 3 amide bonds. The van der Waals surface area contributed by atoms with E-state index in [1.807, 2.05) is 4.72 Å². The zero-order valence-corrected chi connectivity index (χ0v) is 20.8. The minimum Gasteiger partial charge on any atom is -0.444 e. The number of amides is 3. The normalized spacial score (nSPS) is 12.2. The quantitative estimate of drug-likeness (QED) is 0.441. The number of nitrogens with one attached hydrogen (secondary N) is 3. The molecule has 188 valence electrons. The van der Waals surface area contributed by atoms with Crippen molar-refractivity contribution in [3.05, 3.63) is 96.1 Å². The summed E-state index contributed by atoms with van der Waals surface area (Å²) in [5.41, 5.74) is 0.225. The van der Waals surface area contributed by atoms with Gasteiger partial charge in [-0.15, -0.1) is 0 Å². The number of sulfonamides is 1. The van der Waals surface area contributed by atoms with Crippen LogP contribution in [0.3, 0.4) is 0 Å². The third-order valence-electron chi connectivity index (χ3n) is 4.75. The van der Waals surface area contributed by atoms with Crippen LogP contribution in [-0.2, 0) is 19.6 Å². The van der Waals surface area contributed by atoms with Crippen molar-refractivity contribution in [1.29, 1.82) is 0 Å². The summed E-state index contributed by atoms with van der Waals surface area (Å²) >= 11 is 0. The van der Waals surface area contributed by atoms with E-state index in [9.17, 15) is 22.8 Å². The van der Waals surface area contributed by atoms with E-state index >= 15 is 0 Å². The molecule has 3 rings (SSSR count). The van der Waals surface area contributed by atoms with E-state index in [0.29, 0.717) is 11.3 Å². The number of rotatable bonds is 7. The monoisotopic (exact) mass is 509 g/mol. The standard InChI is InChI=1S/C26H27N3O6S/c1-26(2,3)35-25(32)28-22(18-10-6-4-7-11-18)24(31)27-20-16-14-19(15-17-20)23(30)29-36(33,34)21-12-8-5-9-13-21/h4-17,22H,1-3H3,(H,27,31)(H,28,32)(H,29,30)/t22-/m0/s1. The van der Waals surface area contributed by atoms with Crippen molar-refractivity contribution >= 4 is 33.6 Å². The predicted octanol–water partition coefficient (Wildman–Crippen LogP) is 4.01. The van der Waals surface area contributed by atoms with Crippen LogP contribution in [0.25, 0.3) is 0 Å². The molecule has 1 atom stereocenters. The predicted molar refractivity (Wildman–Crippen MR) is 135 cm³/mol. The molecule has 0 unspecified atom stereocenters. The van der Waals surface area contributed by atoms with Crippen LogP contribution in [0.4, 0.5) is 10.5 Å². The Morgan fingerprint density at radius 1 is 0.806 bits per heavy atom. The molecule has 3 aromatic carbocycles. The van der Waals surface area contributed by atoms with E-state index in [4.69, 9.17) is 4.74 Å². The summed E-state index contributed by atoms with van der Waals surface area (Å²) in [5, 5.41) is 5.27. The third kappa shape index (κ3) is 7.41. The number of hydrogen-bond donors (Lipinski definition) is 3. The topological polar surface area (TPSA) is 131 Å². The lowest BCUT2D eigenvalue weighted by molar-refractivity contribution is -0.118. The summed E-state index contributed by atoms with van der Waals surface area (Å²) in [6.45, 7) is 5.15. The summed E-state index contributed by atoms with van der Waals surface area (Å²) < 4.78 is 32.1. The summed E-state index contributed by atoms with van der Waals surface area (Å²) in [7, 11) is -4.02. The van der Waals surface area contributed by atoms with E-state index in [1.165, 1.54) is 36.4 Å². The molecule has 0 fully saturated rings. The molecular weight excluding hydrogens is 482 g/mol. The zero-order valence-electron chi connectivity index (χ0n) is 20.0. The van der Waals surface area contributed by atoms with Crippen molar-refractivity contribution in [3.63, 3.8) is 0 Å². The Morgan fingerprint density at radius 2 is 1.36 bits per heavy atom. The number of benzene rings is 3. The molecule has 0 saturated heterocycles. The Hall–Kier alpha value is -4.18. The second-order valence-corrected chi connectivity index (χ2v) is 10.5. The first-order chi connectivity index (χ1) is 16.9. The van der Waals surface area contributed by atoms with Gasteiger partial charge in [-0.05, 0) is 62.7 Å². The molecular formula is C26H27N3O6S. The van der Waals surface area contributed by atoms with Crippen LogP contribution in [0.5, 0.6) is 0 Å². The smallest absolute Gasteiger partial charge is 0.408 e. The maximum absolute atomic E-state index is 13.0. The fourth-order valence-electron chi connectivity index (χ4n) is 3.13. The Kier molecular flexibility index (Phi) is 8.11. The Labute approximate surface area is 209 Å². The first-order valence-corrected chi connectivity index (χ1v) is 12.5. The van der Waals surface area contributed by atoms with Crippen molar-refractivity contribution in [3.8, 4) is 0 Å². The third-order valence-corrected chi connectivity index (χ3v) is 6.10. The lowest BCUT2D eigenvalue weighted by Crippen LogP contribution is -2.40. The summed E-state index contributed by atoms with van der Waals surface area (Å²) in [6.07, 6.45) is -0.752. The minimum atomic E-state index is -4.02. The Balaban J connectivity index is 1.71. The second kappa shape index (κ2) is 11.0. The van der Waals surface area contributed by atoms with Crippen molar-refractivity contribution in [2.45, 2.75) is 37.3 Å². The molecule has 10 heteroatoms. The lowest BCUT2D eigenvalue weighted by Gasteiger charge is -2.23. The number of anilines is 1. The number of ether oxygens (including phenoxy) is 1. The first-order valence-electron chi connectivity index (χ1n) is 11.0. The SMILES string of the molecule is CC(C)(C)OC(=O)N[C@H](C(=O)Nc1ccc(C(=O)NS(=O)(=O)c2ccccc2)cc1)c1ccccc1. The number of hydrogen-bond acceptors (Lipinski definition) is 6. The van der Waals surface area contributed by atoms with Gasteiger partial charge in [-0.1, -0.05) is 48.5 Å². The Bertz CT molecular complexity index is 1320. The highest BCUT2D eigenvalue weighted by molar-refractivity contribution is 7.90. The van der Waals surface area contributed by atoms with Gasteiger partial charge < -0.3 is 15.4 Å². The van der Waals surface area contributed by atoms with E-state index in [2.05, 4.69) is 10.6 Å². The van der Waals surface area contributed by atoms with Crippen molar-refractivity contribution < 1.29 is 27.5 Å². The molecule has 0 aliphatic carbocycles. The van der Waals surface area contributed by atoms with Crippen LogP contribution in [0.1, 0.15) is 42.7 Å². The summed E-state index contributed by atoms with van der Waals surface area (Å²) in [4.78, 5) is 37.8. The van der Waals surface area contributed by atoms with Crippen molar-refractivity contribution in [2.75, 3.05) is 5.32 Å². The zero-order chi connectivity index (χ0) is 26.3. The van der Waals surface area contributed by atoms with E-state index in [-0.39, 0.29) is 10.5 Å². The van der Waals surface area contributed by atoms with Gasteiger partial charge in [0.05, 0.1) is 4.90 Å².